The van der Waals surface area contributed by atoms with Gasteiger partial charge in [0.15, 0.2) is 5.69 Å². The van der Waals surface area contributed by atoms with Gasteiger partial charge in [0.2, 0.25) is 0 Å². The molecule has 0 saturated carbocycles. The summed E-state index contributed by atoms with van der Waals surface area (Å²) in [6, 6.07) is 5.72. The normalized spacial score (nSPS) is 20.7. The first kappa shape index (κ1) is 11.7. The number of anilines is 2. The molecular formula is C13H18N4. The molecule has 0 amide bonds. The second kappa shape index (κ2) is 5.05. The fourth-order valence-electron chi connectivity index (χ4n) is 2.22. The van der Waals surface area contributed by atoms with Crippen molar-refractivity contribution >= 4 is 11.5 Å². The molecule has 0 aliphatic carbocycles. The second-order valence-electron chi connectivity index (χ2n) is 4.74. The van der Waals surface area contributed by atoms with Crippen LogP contribution in [0.2, 0.25) is 0 Å². The molecule has 1 aromatic heterocycles. The molecule has 1 aliphatic heterocycles. The maximum absolute atomic E-state index is 8.93. The van der Waals surface area contributed by atoms with Crippen molar-refractivity contribution in [3.05, 3.63) is 17.8 Å². The molecule has 1 saturated heterocycles. The molecule has 90 valence electrons. The Morgan fingerprint density at radius 3 is 3.00 bits per heavy atom. The minimum absolute atomic E-state index is 0.333. The van der Waals surface area contributed by atoms with Crippen molar-refractivity contribution in [3.8, 4) is 6.07 Å². The van der Waals surface area contributed by atoms with Crippen LogP contribution in [0.5, 0.6) is 0 Å². The van der Waals surface area contributed by atoms with Crippen molar-refractivity contribution in [2.24, 2.45) is 5.92 Å². The predicted molar refractivity (Wildman–Crippen MR) is 68.6 cm³/mol. The van der Waals surface area contributed by atoms with Crippen molar-refractivity contribution in [2.75, 3.05) is 23.7 Å². The number of rotatable bonds is 1. The summed E-state index contributed by atoms with van der Waals surface area (Å²) in [7, 11) is 0. The van der Waals surface area contributed by atoms with E-state index < -0.39 is 0 Å². The van der Waals surface area contributed by atoms with Crippen LogP contribution < -0.4 is 10.6 Å². The van der Waals surface area contributed by atoms with Crippen LogP contribution in [0.15, 0.2) is 12.1 Å². The number of nitriles is 1. The van der Waals surface area contributed by atoms with E-state index in [0.29, 0.717) is 11.4 Å². The van der Waals surface area contributed by atoms with Crippen LogP contribution in [-0.2, 0) is 0 Å². The molecule has 4 nitrogen and oxygen atoms in total. The standard InChI is InChI=1S/C13H18N4/c1-10-3-2-7-17(8-6-10)13-5-4-11(15)12(9-14)16-13/h4-5,10H,2-3,6-8,15H2,1H3. The molecule has 1 aromatic rings. The quantitative estimate of drug-likeness (QED) is 0.803. The largest absolute Gasteiger partial charge is 0.396 e. The van der Waals surface area contributed by atoms with Gasteiger partial charge in [0.1, 0.15) is 11.9 Å². The molecule has 1 fully saturated rings. The molecule has 1 aliphatic rings. The minimum Gasteiger partial charge on any atom is -0.396 e. The number of nitrogens with two attached hydrogens (primary N) is 1. The number of aromatic nitrogens is 1. The maximum atomic E-state index is 8.93. The molecule has 0 aromatic carbocycles. The summed E-state index contributed by atoms with van der Waals surface area (Å²) in [5.74, 6) is 1.66. The average Bonchev–Trinajstić information content (AvgIpc) is 2.55. The Hall–Kier alpha value is -1.76. The van der Waals surface area contributed by atoms with E-state index in [4.69, 9.17) is 11.0 Å². The van der Waals surface area contributed by atoms with E-state index >= 15 is 0 Å². The van der Waals surface area contributed by atoms with Gasteiger partial charge in [0, 0.05) is 13.1 Å². The average molecular weight is 230 g/mol. The molecule has 2 heterocycles. The first-order valence-corrected chi connectivity index (χ1v) is 6.12. The zero-order chi connectivity index (χ0) is 12.3. The van der Waals surface area contributed by atoms with Gasteiger partial charge < -0.3 is 10.6 Å². The van der Waals surface area contributed by atoms with Gasteiger partial charge in [0.25, 0.3) is 0 Å². The lowest BCUT2D eigenvalue weighted by Gasteiger charge is -2.21. The van der Waals surface area contributed by atoms with Gasteiger partial charge >= 0.3 is 0 Å². The number of hydrogen-bond acceptors (Lipinski definition) is 4. The van der Waals surface area contributed by atoms with E-state index in [-0.39, 0.29) is 0 Å². The van der Waals surface area contributed by atoms with Gasteiger partial charge in [-0.05, 0) is 37.3 Å². The highest BCUT2D eigenvalue weighted by molar-refractivity contribution is 5.55. The van der Waals surface area contributed by atoms with Crippen LogP contribution in [-0.4, -0.2) is 18.1 Å². The Morgan fingerprint density at radius 2 is 2.24 bits per heavy atom. The zero-order valence-corrected chi connectivity index (χ0v) is 10.2. The van der Waals surface area contributed by atoms with Crippen LogP contribution in [0.25, 0.3) is 0 Å². The molecule has 0 spiro atoms. The Kier molecular flexibility index (Phi) is 3.48. The third-order valence-corrected chi connectivity index (χ3v) is 3.36. The molecule has 2 N–H and O–H groups in total. The summed E-state index contributed by atoms with van der Waals surface area (Å²) in [6.07, 6.45) is 3.65. The van der Waals surface area contributed by atoms with Crippen molar-refractivity contribution in [2.45, 2.75) is 26.2 Å². The fraction of sp³-hybridized carbons (Fsp3) is 0.538. The third-order valence-electron chi connectivity index (χ3n) is 3.36. The van der Waals surface area contributed by atoms with Crippen LogP contribution in [0, 0.1) is 17.2 Å². The molecule has 1 unspecified atom stereocenters. The van der Waals surface area contributed by atoms with Crippen LogP contribution in [0.4, 0.5) is 11.5 Å². The van der Waals surface area contributed by atoms with Gasteiger partial charge in [-0.1, -0.05) is 6.92 Å². The Labute approximate surface area is 102 Å². The van der Waals surface area contributed by atoms with Gasteiger partial charge in [-0.25, -0.2) is 4.98 Å². The van der Waals surface area contributed by atoms with E-state index in [9.17, 15) is 0 Å². The van der Waals surface area contributed by atoms with Crippen LogP contribution >= 0.6 is 0 Å². The predicted octanol–water partition coefficient (Wildman–Crippen LogP) is 2.16. The Bertz CT molecular complexity index is 436. The van der Waals surface area contributed by atoms with Crippen LogP contribution in [0.3, 0.4) is 0 Å². The van der Waals surface area contributed by atoms with Crippen LogP contribution in [0.1, 0.15) is 31.9 Å². The van der Waals surface area contributed by atoms with Crippen molar-refractivity contribution < 1.29 is 0 Å². The molecule has 2 rings (SSSR count). The Balaban J connectivity index is 2.19. The first-order valence-electron chi connectivity index (χ1n) is 6.12. The number of nitrogens with zero attached hydrogens (tertiary/aromatic N) is 3. The number of hydrogen-bond donors (Lipinski definition) is 1. The zero-order valence-electron chi connectivity index (χ0n) is 10.2. The summed E-state index contributed by atoms with van der Waals surface area (Å²) in [4.78, 5) is 6.57. The van der Waals surface area contributed by atoms with Gasteiger partial charge in [-0.3, -0.25) is 0 Å². The second-order valence-corrected chi connectivity index (χ2v) is 4.74. The van der Waals surface area contributed by atoms with Gasteiger partial charge in [-0.2, -0.15) is 5.26 Å². The lowest BCUT2D eigenvalue weighted by molar-refractivity contribution is 0.521. The summed E-state index contributed by atoms with van der Waals surface area (Å²) in [5.41, 5.74) is 6.47. The summed E-state index contributed by atoms with van der Waals surface area (Å²) < 4.78 is 0. The molecule has 0 radical (unpaired) electrons. The number of nitrogen functional groups attached to an aromatic ring is 1. The first-order chi connectivity index (χ1) is 8.20. The summed E-state index contributed by atoms with van der Waals surface area (Å²) >= 11 is 0. The monoisotopic (exact) mass is 230 g/mol. The molecule has 17 heavy (non-hydrogen) atoms. The topological polar surface area (TPSA) is 65.9 Å². The van der Waals surface area contributed by atoms with Crippen molar-refractivity contribution in [1.82, 2.24) is 4.98 Å². The molecular weight excluding hydrogens is 212 g/mol. The van der Waals surface area contributed by atoms with Crippen molar-refractivity contribution in [3.63, 3.8) is 0 Å². The van der Waals surface area contributed by atoms with E-state index in [1.807, 2.05) is 12.1 Å². The molecule has 4 heteroatoms. The minimum atomic E-state index is 0.333. The van der Waals surface area contributed by atoms with Crippen molar-refractivity contribution in [1.29, 1.82) is 5.26 Å². The molecule has 1 atom stereocenters. The lowest BCUT2D eigenvalue weighted by Crippen LogP contribution is -2.25. The maximum Gasteiger partial charge on any atom is 0.165 e. The van der Waals surface area contributed by atoms with E-state index in [1.165, 1.54) is 19.3 Å². The summed E-state index contributed by atoms with van der Waals surface area (Å²) in [5, 5.41) is 8.93. The van der Waals surface area contributed by atoms with Gasteiger partial charge in [-0.15, -0.1) is 0 Å². The number of pyridine rings is 1. The lowest BCUT2D eigenvalue weighted by atomic mass is 10.0. The van der Waals surface area contributed by atoms with Gasteiger partial charge in [0.05, 0.1) is 5.69 Å². The highest BCUT2D eigenvalue weighted by Crippen LogP contribution is 2.22. The smallest absolute Gasteiger partial charge is 0.165 e. The van der Waals surface area contributed by atoms with E-state index in [1.54, 1.807) is 6.07 Å². The SMILES string of the molecule is CC1CCCN(c2ccc(N)c(C#N)n2)CC1. The van der Waals surface area contributed by atoms with E-state index in [2.05, 4.69) is 16.8 Å². The third kappa shape index (κ3) is 2.68. The Morgan fingerprint density at radius 1 is 1.41 bits per heavy atom. The van der Waals surface area contributed by atoms with E-state index in [0.717, 1.165) is 24.8 Å². The highest BCUT2D eigenvalue weighted by Gasteiger charge is 2.15. The highest BCUT2D eigenvalue weighted by atomic mass is 15.2. The summed E-state index contributed by atoms with van der Waals surface area (Å²) in [6.45, 7) is 4.33. The molecule has 0 bridgehead atoms. The fourth-order valence-corrected chi connectivity index (χ4v) is 2.22.